The smallest absolute Gasteiger partial charge is 0.407 e. The molecule has 2 aromatic carbocycles. The number of hydrogen-bond acceptors (Lipinski definition) is 7. The van der Waals surface area contributed by atoms with Gasteiger partial charge < -0.3 is 20.3 Å². The van der Waals surface area contributed by atoms with Gasteiger partial charge in [0.15, 0.2) is 0 Å². The second-order valence-electron chi connectivity index (χ2n) is 10.6. The maximum absolute atomic E-state index is 13.1. The van der Waals surface area contributed by atoms with Gasteiger partial charge in [-0.25, -0.2) is 9.79 Å². The molecule has 0 unspecified atom stereocenters. The normalized spacial score (nSPS) is 17.1. The molecule has 1 saturated heterocycles. The highest BCUT2D eigenvalue weighted by Gasteiger charge is 2.26. The number of aliphatic imine (C=N–C) groups is 2. The van der Waals surface area contributed by atoms with Crippen LogP contribution in [0.25, 0.3) is 5.57 Å². The number of benzene rings is 2. The monoisotopic (exact) mass is 538 g/mol. The van der Waals surface area contributed by atoms with Gasteiger partial charge in [0, 0.05) is 55.3 Å². The van der Waals surface area contributed by atoms with E-state index in [9.17, 15) is 9.59 Å². The first-order chi connectivity index (χ1) is 19.2. The van der Waals surface area contributed by atoms with E-state index >= 15 is 0 Å². The summed E-state index contributed by atoms with van der Waals surface area (Å²) in [5, 5.41) is 15.2. The Labute approximate surface area is 235 Å². The zero-order valence-electron chi connectivity index (χ0n) is 23.3. The van der Waals surface area contributed by atoms with Crippen molar-refractivity contribution >= 4 is 29.5 Å². The van der Waals surface area contributed by atoms with Gasteiger partial charge in [0.1, 0.15) is 11.4 Å². The molecule has 206 valence electrons. The zero-order chi connectivity index (χ0) is 28.7. The molecule has 9 heteroatoms. The topological polar surface area (TPSA) is 119 Å². The first-order valence-corrected chi connectivity index (χ1v) is 13.2. The molecule has 0 aromatic heterocycles. The number of carbonyl (C=O) groups excluding carboxylic acids is 2. The third-order valence-corrected chi connectivity index (χ3v) is 6.46. The van der Waals surface area contributed by atoms with Crippen molar-refractivity contribution < 1.29 is 14.3 Å². The molecular formula is C31H34N6O3. The van der Waals surface area contributed by atoms with E-state index in [1.165, 1.54) is 0 Å². The average molecular weight is 539 g/mol. The van der Waals surface area contributed by atoms with E-state index in [-0.39, 0.29) is 11.9 Å². The maximum atomic E-state index is 13.1. The molecule has 0 spiro atoms. The Balaban J connectivity index is 1.43. The molecule has 0 atom stereocenters. The van der Waals surface area contributed by atoms with Crippen molar-refractivity contribution in [2.75, 3.05) is 20.1 Å². The molecule has 2 aliphatic rings. The number of alkyl carbamates (subject to hydrolysis) is 1. The standard InChI is InChI=1S/C31H34N6O3/c1-31(2,3)40-30(39)35-25-14-17-37(18-15-25)29(38)24-11-9-23(10-12-24)27-13-16-34-28(36-27)26(20-33-4)22-7-5-21(19-32)6-8-22/h5-13,16,20,25,34H,14-15,17-18H2,1-4H3,(H,35,39)/b28-26-,33-20-. The molecule has 2 aromatic rings. The lowest BCUT2D eigenvalue weighted by molar-refractivity contribution is 0.0473. The molecule has 0 radical (unpaired) electrons. The van der Waals surface area contributed by atoms with E-state index in [1.54, 1.807) is 25.4 Å². The summed E-state index contributed by atoms with van der Waals surface area (Å²) in [6.45, 7) is 6.62. The molecule has 2 heterocycles. The summed E-state index contributed by atoms with van der Waals surface area (Å²) >= 11 is 0. The number of carbonyl (C=O) groups is 2. The molecule has 2 amide bonds. The van der Waals surface area contributed by atoms with E-state index < -0.39 is 11.7 Å². The first kappa shape index (κ1) is 28.3. The van der Waals surface area contributed by atoms with Crippen molar-refractivity contribution in [1.29, 1.82) is 5.26 Å². The number of hydrogen-bond donors (Lipinski definition) is 2. The number of piperidine rings is 1. The maximum Gasteiger partial charge on any atom is 0.407 e. The lowest BCUT2D eigenvalue weighted by Crippen LogP contribution is -2.47. The van der Waals surface area contributed by atoms with Gasteiger partial charge in [-0.1, -0.05) is 24.3 Å². The number of amides is 2. The summed E-state index contributed by atoms with van der Waals surface area (Å²) < 4.78 is 5.34. The van der Waals surface area contributed by atoms with Crippen molar-refractivity contribution in [3.63, 3.8) is 0 Å². The number of nitrogens with zero attached hydrogens (tertiary/aromatic N) is 4. The summed E-state index contributed by atoms with van der Waals surface area (Å²) in [7, 11) is 1.70. The second-order valence-corrected chi connectivity index (χ2v) is 10.6. The fraction of sp³-hybridized carbons (Fsp3) is 0.323. The van der Waals surface area contributed by atoms with Crippen molar-refractivity contribution in [1.82, 2.24) is 15.5 Å². The van der Waals surface area contributed by atoms with E-state index in [0.717, 1.165) is 22.4 Å². The molecule has 4 rings (SSSR count). The van der Waals surface area contributed by atoms with Gasteiger partial charge in [0.05, 0.1) is 17.3 Å². The van der Waals surface area contributed by atoms with Crippen LogP contribution >= 0.6 is 0 Å². The molecule has 2 N–H and O–H groups in total. The fourth-order valence-electron chi connectivity index (χ4n) is 4.48. The van der Waals surface area contributed by atoms with Crippen molar-refractivity contribution in [2.45, 2.75) is 45.3 Å². The van der Waals surface area contributed by atoms with Crippen LogP contribution in [-0.4, -0.2) is 60.6 Å². The van der Waals surface area contributed by atoms with Gasteiger partial charge >= 0.3 is 6.09 Å². The van der Waals surface area contributed by atoms with Gasteiger partial charge in [-0.15, -0.1) is 0 Å². The zero-order valence-corrected chi connectivity index (χ0v) is 23.3. The van der Waals surface area contributed by atoms with Crippen LogP contribution < -0.4 is 10.6 Å². The van der Waals surface area contributed by atoms with Crippen LogP contribution in [0.5, 0.6) is 0 Å². The van der Waals surface area contributed by atoms with Crippen LogP contribution in [0.3, 0.4) is 0 Å². The molecule has 1 fully saturated rings. The number of likely N-dealkylation sites (tertiary alicyclic amines) is 1. The number of nitrogens with one attached hydrogen (secondary N) is 2. The number of allylic oxidation sites excluding steroid dienone is 2. The SMILES string of the molecule is C/N=C\C(=C1\N=C(c2ccc(C(=O)N3CCC(NC(=O)OC(C)(C)C)CC3)cc2)C=CN1)c1ccc(C#N)cc1. The molecule has 9 nitrogen and oxygen atoms in total. The Morgan fingerprint density at radius 2 is 1.75 bits per heavy atom. The summed E-state index contributed by atoms with van der Waals surface area (Å²) in [4.78, 5) is 36.0. The Morgan fingerprint density at radius 1 is 1.10 bits per heavy atom. The van der Waals surface area contributed by atoms with Crippen LogP contribution in [0.2, 0.25) is 0 Å². The molecule has 40 heavy (non-hydrogen) atoms. The number of nitriles is 1. The van der Waals surface area contributed by atoms with Crippen LogP contribution in [0.1, 0.15) is 60.7 Å². The van der Waals surface area contributed by atoms with Crippen LogP contribution in [0.15, 0.2) is 76.6 Å². The quantitative estimate of drug-likeness (QED) is 0.537. The Hall–Kier alpha value is -4.71. The first-order valence-electron chi connectivity index (χ1n) is 13.2. The summed E-state index contributed by atoms with van der Waals surface area (Å²) in [6, 6.07) is 16.8. The highest BCUT2D eigenvalue weighted by Crippen LogP contribution is 2.21. The largest absolute Gasteiger partial charge is 0.444 e. The average Bonchev–Trinajstić information content (AvgIpc) is 2.95. The van der Waals surface area contributed by atoms with Crippen molar-refractivity contribution in [2.24, 2.45) is 9.98 Å². The van der Waals surface area contributed by atoms with Gasteiger partial charge in [0.25, 0.3) is 5.91 Å². The highest BCUT2D eigenvalue weighted by molar-refractivity contribution is 6.14. The number of rotatable bonds is 5. The Kier molecular flexibility index (Phi) is 8.80. The van der Waals surface area contributed by atoms with Gasteiger partial charge in [-0.2, -0.15) is 5.26 Å². The summed E-state index contributed by atoms with van der Waals surface area (Å²) in [5.74, 6) is 0.601. The van der Waals surface area contributed by atoms with E-state index in [4.69, 9.17) is 15.0 Å². The van der Waals surface area contributed by atoms with Crippen LogP contribution in [0.4, 0.5) is 4.79 Å². The molecule has 0 saturated carbocycles. The highest BCUT2D eigenvalue weighted by atomic mass is 16.6. The third-order valence-electron chi connectivity index (χ3n) is 6.46. The van der Waals surface area contributed by atoms with Gasteiger partial charge in [-0.3, -0.25) is 9.79 Å². The molecule has 0 aliphatic carbocycles. The molecule has 0 bridgehead atoms. The van der Waals surface area contributed by atoms with Gasteiger partial charge in [0.2, 0.25) is 0 Å². The lowest BCUT2D eigenvalue weighted by atomic mass is 10.0. The second kappa shape index (κ2) is 12.4. The molecular weight excluding hydrogens is 504 g/mol. The van der Waals surface area contributed by atoms with E-state index in [2.05, 4.69) is 21.7 Å². The molecule has 2 aliphatic heterocycles. The van der Waals surface area contributed by atoms with Gasteiger partial charge in [-0.05, 0) is 69.5 Å². The minimum atomic E-state index is -0.544. The lowest BCUT2D eigenvalue weighted by Gasteiger charge is -2.33. The van der Waals surface area contributed by atoms with Crippen LogP contribution in [0, 0.1) is 11.3 Å². The van der Waals surface area contributed by atoms with Crippen molar-refractivity contribution in [3.8, 4) is 6.07 Å². The Bertz CT molecular complexity index is 1400. The predicted octanol–water partition coefficient (Wildman–Crippen LogP) is 4.66. The minimum absolute atomic E-state index is 0.0137. The van der Waals surface area contributed by atoms with E-state index in [0.29, 0.717) is 42.9 Å². The minimum Gasteiger partial charge on any atom is -0.444 e. The summed E-state index contributed by atoms with van der Waals surface area (Å²) in [5.41, 5.74) is 3.95. The number of ether oxygens (including phenoxy) is 1. The van der Waals surface area contributed by atoms with Crippen LogP contribution in [-0.2, 0) is 4.74 Å². The third kappa shape index (κ3) is 7.23. The summed E-state index contributed by atoms with van der Waals surface area (Å²) in [6.07, 6.45) is 6.36. The van der Waals surface area contributed by atoms with Crippen molar-refractivity contribution in [3.05, 3.63) is 88.9 Å². The van der Waals surface area contributed by atoms with E-state index in [1.807, 2.05) is 74.3 Å². The Morgan fingerprint density at radius 3 is 2.35 bits per heavy atom. The predicted molar refractivity (Wildman–Crippen MR) is 156 cm³/mol. The fourth-order valence-corrected chi connectivity index (χ4v) is 4.48.